The Morgan fingerprint density at radius 2 is 1.72 bits per heavy atom. The Kier molecular flexibility index (Phi) is 5.09. The Balaban J connectivity index is 1.81. The maximum Gasteiger partial charge on any atom is 0.308 e. The van der Waals surface area contributed by atoms with E-state index in [2.05, 4.69) is 0 Å². The minimum Gasteiger partial charge on any atom is -0.481 e. The summed E-state index contributed by atoms with van der Waals surface area (Å²) in [5, 5.41) is 10.2. The monoisotopic (exact) mass is 357 g/mol. The van der Waals surface area contributed by atoms with E-state index in [0.717, 1.165) is 11.1 Å². The first-order valence-electron chi connectivity index (χ1n) is 8.29. The van der Waals surface area contributed by atoms with Crippen molar-refractivity contribution < 1.29 is 14.7 Å². The van der Waals surface area contributed by atoms with Crippen molar-refractivity contribution in [3.8, 4) is 0 Å². The number of benzene rings is 2. The van der Waals surface area contributed by atoms with Gasteiger partial charge in [0.15, 0.2) is 0 Å². The molecule has 0 saturated carbocycles. The summed E-state index contributed by atoms with van der Waals surface area (Å²) in [4.78, 5) is 26.2. The van der Waals surface area contributed by atoms with Gasteiger partial charge in [0, 0.05) is 24.0 Å². The Hall–Kier alpha value is -2.33. The lowest BCUT2D eigenvalue weighted by Gasteiger charge is -2.21. The number of hydrogen-bond donors (Lipinski definition) is 1. The first kappa shape index (κ1) is 17.5. The van der Waals surface area contributed by atoms with E-state index >= 15 is 0 Å². The number of carboxylic acid groups (broad SMARTS) is 1. The Labute approximate surface area is 152 Å². The molecule has 0 unspecified atom stereocenters. The van der Waals surface area contributed by atoms with Crippen molar-refractivity contribution in [1.82, 2.24) is 4.90 Å². The quantitative estimate of drug-likeness (QED) is 0.906. The lowest BCUT2D eigenvalue weighted by Crippen LogP contribution is -2.33. The zero-order valence-electron chi connectivity index (χ0n) is 13.9. The standard InChI is InChI=1S/C20H20ClNO3/c1-13(14-5-3-2-4-6-14)19(23)22-11-17(18(12-22)20(24)25)15-7-9-16(21)10-8-15/h2-10,13,17-18H,11-12H2,1H3,(H,24,25)/t13-,17+,18-/m1/s1. The van der Waals surface area contributed by atoms with Gasteiger partial charge in [-0.1, -0.05) is 54.1 Å². The summed E-state index contributed by atoms with van der Waals surface area (Å²) in [5.74, 6) is -2.02. The molecule has 0 aliphatic carbocycles. The SMILES string of the molecule is C[C@@H](C(=O)N1C[C@@H](C(=O)O)[C@H](c2ccc(Cl)cc2)C1)c1ccccc1. The van der Waals surface area contributed by atoms with Crippen LogP contribution >= 0.6 is 11.6 Å². The molecule has 25 heavy (non-hydrogen) atoms. The fraction of sp³-hybridized carbons (Fsp3) is 0.300. The molecule has 1 heterocycles. The van der Waals surface area contributed by atoms with E-state index < -0.39 is 11.9 Å². The molecule has 4 nitrogen and oxygen atoms in total. The number of carboxylic acids is 1. The van der Waals surface area contributed by atoms with Crippen LogP contribution in [0.5, 0.6) is 0 Å². The van der Waals surface area contributed by atoms with Gasteiger partial charge in [0.25, 0.3) is 0 Å². The lowest BCUT2D eigenvalue weighted by molar-refractivity contribution is -0.141. The highest BCUT2D eigenvalue weighted by Crippen LogP contribution is 2.35. The van der Waals surface area contributed by atoms with Crippen molar-refractivity contribution in [3.63, 3.8) is 0 Å². The molecule has 1 amide bonds. The lowest BCUT2D eigenvalue weighted by atomic mass is 9.89. The summed E-state index contributed by atoms with van der Waals surface area (Å²) >= 11 is 5.92. The molecule has 5 heteroatoms. The van der Waals surface area contributed by atoms with E-state index in [4.69, 9.17) is 11.6 Å². The van der Waals surface area contributed by atoms with Crippen LogP contribution in [0.15, 0.2) is 54.6 Å². The summed E-state index contributed by atoms with van der Waals surface area (Å²) in [6.07, 6.45) is 0. The van der Waals surface area contributed by atoms with Crippen LogP contribution in [0, 0.1) is 5.92 Å². The second kappa shape index (κ2) is 7.28. The molecule has 3 atom stereocenters. The summed E-state index contributed by atoms with van der Waals surface area (Å²) in [7, 11) is 0. The van der Waals surface area contributed by atoms with Crippen LogP contribution in [0.1, 0.15) is 29.9 Å². The number of hydrogen-bond acceptors (Lipinski definition) is 2. The summed E-state index contributed by atoms with van der Waals surface area (Å²) in [6, 6.07) is 16.8. The molecule has 0 aromatic heterocycles. The van der Waals surface area contributed by atoms with Crippen LogP contribution in [0.25, 0.3) is 0 Å². The molecule has 1 fully saturated rings. The number of aliphatic carboxylic acids is 1. The van der Waals surface area contributed by atoms with E-state index in [1.165, 1.54) is 0 Å². The average molecular weight is 358 g/mol. The third-order valence-electron chi connectivity index (χ3n) is 4.92. The predicted octanol–water partition coefficient (Wildman–Crippen LogP) is 3.77. The minimum absolute atomic E-state index is 0.0334. The van der Waals surface area contributed by atoms with Gasteiger partial charge in [-0.25, -0.2) is 0 Å². The van der Waals surface area contributed by atoms with Crippen LogP contribution in [0.3, 0.4) is 0 Å². The smallest absolute Gasteiger partial charge is 0.308 e. The Bertz CT molecular complexity index is 760. The third kappa shape index (κ3) is 3.69. The predicted molar refractivity (Wildman–Crippen MR) is 96.8 cm³/mol. The molecule has 0 radical (unpaired) electrons. The maximum absolute atomic E-state index is 12.9. The van der Waals surface area contributed by atoms with Gasteiger partial charge in [-0.2, -0.15) is 0 Å². The molecule has 2 aromatic rings. The van der Waals surface area contributed by atoms with Crippen molar-refractivity contribution in [2.24, 2.45) is 5.92 Å². The van der Waals surface area contributed by atoms with Crippen LogP contribution in [-0.4, -0.2) is 35.0 Å². The van der Waals surface area contributed by atoms with Crippen LogP contribution in [0.2, 0.25) is 5.02 Å². The summed E-state index contributed by atoms with van der Waals surface area (Å²) in [6.45, 7) is 2.51. The highest BCUT2D eigenvalue weighted by Gasteiger charge is 2.41. The van der Waals surface area contributed by atoms with Crippen molar-refractivity contribution in [2.75, 3.05) is 13.1 Å². The molecule has 2 aromatic carbocycles. The van der Waals surface area contributed by atoms with E-state index in [1.54, 1.807) is 17.0 Å². The fourth-order valence-electron chi connectivity index (χ4n) is 3.44. The van der Waals surface area contributed by atoms with Gasteiger partial charge < -0.3 is 10.0 Å². The molecule has 3 rings (SSSR count). The van der Waals surface area contributed by atoms with Gasteiger partial charge in [-0.15, -0.1) is 0 Å². The number of nitrogens with zero attached hydrogens (tertiary/aromatic N) is 1. The van der Waals surface area contributed by atoms with E-state index in [-0.39, 0.29) is 24.3 Å². The molecule has 1 aliphatic rings. The largest absolute Gasteiger partial charge is 0.481 e. The summed E-state index contributed by atoms with van der Waals surface area (Å²) < 4.78 is 0. The van der Waals surface area contributed by atoms with Crippen LogP contribution < -0.4 is 0 Å². The van der Waals surface area contributed by atoms with Gasteiger partial charge in [-0.05, 0) is 30.2 Å². The Morgan fingerprint density at radius 1 is 1.08 bits per heavy atom. The van der Waals surface area contributed by atoms with Crippen molar-refractivity contribution in [3.05, 3.63) is 70.7 Å². The van der Waals surface area contributed by atoms with E-state index in [1.807, 2.05) is 49.4 Å². The fourth-order valence-corrected chi connectivity index (χ4v) is 3.57. The van der Waals surface area contributed by atoms with Crippen molar-refractivity contribution >= 4 is 23.5 Å². The molecule has 1 saturated heterocycles. The maximum atomic E-state index is 12.9. The second-order valence-electron chi connectivity index (χ2n) is 6.48. The van der Waals surface area contributed by atoms with E-state index in [0.29, 0.717) is 11.6 Å². The second-order valence-corrected chi connectivity index (χ2v) is 6.91. The van der Waals surface area contributed by atoms with Gasteiger partial charge in [-0.3, -0.25) is 9.59 Å². The zero-order valence-corrected chi connectivity index (χ0v) is 14.7. The molecular formula is C20H20ClNO3. The highest BCUT2D eigenvalue weighted by atomic mass is 35.5. The van der Waals surface area contributed by atoms with Crippen molar-refractivity contribution in [1.29, 1.82) is 0 Å². The van der Waals surface area contributed by atoms with Gasteiger partial charge in [0.05, 0.1) is 11.8 Å². The number of carbonyl (C=O) groups excluding carboxylic acids is 1. The van der Waals surface area contributed by atoms with Crippen LogP contribution in [0.4, 0.5) is 0 Å². The van der Waals surface area contributed by atoms with E-state index in [9.17, 15) is 14.7 Å². The molecule has 130 valence electrons. The highest BCUT2D eigenvalue weighted by molar-refractivity contribution is 6.30. The topological polar surface area (TPSA) is 57.6 Å². The number of rotatable bonds is 4. The third-order valence-corrected chi connectivity index (χ3v) is 5.17. The zero-order chi connectivity index (χ0) is 18.0. The van der Waals surface area contributed by atoms with Crippen LogP contribution in [-0.2, 0) is 9.59 Å². The first-order valence-corrected chi connectivity index (χ1v) is 8.67. The molecule has 1 aliphatic heterocycles. The molecule has 1 N–H and O–H groups in total. The normalized spacial score (nSPS) is 21.1. The summed E-state index contributed by atoms with van der Waals surface area (Å²) in [5.41, 5.74) is 1.84. The minimum atomic E-state index is -0.873. The van der Waals surface area contributed by atoms with Gasteiger partial charge in [0.1, 0.15) is 0 Å². The first-order chi connectivity index (χ1) is 12.0. The molecule has 0 bridgehead atoms. The molecular weight excluding hydrogens is 338 g/mol. The van der Waals surface area contributed by atoms with Gasteiger partial charge in [0.2, 0.25) is 5.91 Å². The number of amides is 1. The van der Waals surface area contributed by atoms with Gasteiger partial charge >= 0.3 is 5.97 Å². The number of carbonyl (C=O) groups is 2. The Morgan fingerprint density at radius 3 is 2.32 bits per heavy atom. The number of halogens is 1. The molecule has 0 spiro atoms. The number of likely N-dealkylation sites (tertiary alicyclic amines) is 1. The van der Waals surface area contributed by atoms with Crippen molar-refractivity contribution in [2.45, 2.75) is 18.8 Å². The average Bonchev–Trinajstić information content (AvgIpc) is 3.07.